The lowest BCUT2D eigenvalue weighted by atomic mass is 10.2. The molecule has 4 nitrogen and oxygen atoms in total. The minimum absolute atomic E-state index is 0.208. The highest BCUT2D eigenvalue weighted by atomic mass is 16.5. The fourth-order valence-corrected chi connectivity index (χ4v) is 1.15. The van der Waals surface area contributed by atoms with E-state index in [2.05, 4.69) is 11.9 Å². The largest absolute Gasteiger partial charge is 0.445 e. The average Bonchev–Trinajstić information content (AvgIpc) is 2.26. The van der Waals surface area contributed by atoms with Gasteiger partial charge in [-0.25, -0.2) is 4.79 Å². The van der Waals surface area contributed by atoms with Crippen molar-refractivity contribution in [1.29, 1.82) is 0 Å². The summed E-state index contributed by atoms with van der Waals surface area (Å²) in [6, 6.07) is 7.51. The van der Waals surface area contributed by atoms with Crippen LogP contribution in [0.3, 0.4) is 0 Å². The Morgan fingerprint density at radius 1 is 1.56 bits per heavy atom. The lowest BCUT2D eigenvalue weighted by Crippen LogP contribution is -2.14. The molecule has 0 unspecified atom stereocenters. The van der Waals surface area contributed by atoms with Crippen molar-refractivity contribution in [2.24, 2.45) is 0 Å². The van der Waals surface area contributed by atoms with E-state index < -0.39 is 6.09 Å². The summed E-state index contributed by atoms with van der Waals surface area (Å²) < 4.78 is 4.81. The summed E-state index contributed by atoms with van der Waals surface area (Å²) in [4.78, 5) is 13.2. The van der Waals surface area contributed by atoms with Gasteiger partial charge in [0.15, 0.2) is 0 Å². The highest BCUT2D eigenvalue weighted by molar-refractivity contribution is 5.85. The first kappa shape index (κ1) is 12.1. The van der Waals surface area contributed by atoms with E-state index in [0.717, 1.165) is 5.69 Å². The van der Waals surface area contributed by atoms with Crippen LogP contribution in [0.15, 0.2) is 36.9 Å². The number of benzene rings is 1. The zero-order valence-corrected chi connectivity index (χ0v) is 9.56. The van der Waals surface area contributed by atoms with Crippen molar-refractivity contribution in [3.8, 4) is 0 Å². The Morgan fingerprint density at radius 3 is 2.94 bits per heavy atom. The molecule has 1 amide bonds. The lowest BCUT2D eigenvalue weighted by molar-refractivity contribution is 0.174. The van der Waals surface area contributed by atoms with E-state index in [1.165, 1.54) is 6.08 Å². The molecule has 0 bridgehead atoms. The van der Waals surface area contributed by atoms with E-state index in [9.17, 15) is 4.79 Å². The van der Waals surface area contributed by atoms with E-state index in [0.29, 0.717) is 5.69 Å². The molecular formula is C12H16N2O2. The zero-order valence-electron chi connectivity index (χ0n) is 9.56. The van der Waals surface area contributed by atoms with Crippen molar-refractivity contribution in [2.75, 3.05) is 30.9 Å². The molecule has 0 saturated heterocycles. The lowest BCUT2D eigenvalue weighted by Gasteiger charge is -2.13. The second-order valence-corrected chi connectivity index (χ2v) is 3.46. The number of hydrogen-bond acceptors (Lipinski definition) is 3. The highest BCUT2D eigenvalue weighted by Crippen LogP contribution is 2.17. The minimum Gasteiger partial charge on any atom is -0.445 e. The van der Waals surface area contributed by atoms with Crippen molar-refractivity contribution in [2.45, 2.75) is 0 Å². The Hall–Kier alpha value is -1.97. The van der Waals surface area contributed by atoms with Crippen LogP contribution in [0.1, 0.15) is 0 Å². The van der Waals surface area contributed by atoms with Gasteiger partial charge in [-0.1, -0.05) is 18.7 Å². The van der Waals surface area contributed by atoms with Crippen LogP contribution in [-0.2, 0) is 4.74 Å². The van der Waals surface area contributed by atoms with Crippen LogP contribution in [0.5, 0.6) is 0 Å². The number of anilines is 2. The molecule has 0 aliphatic rings. The first-order valence-corrected chi connectivity index (χ1v) is 4.95. The predicted octanol–water partition coefficient (Wildman–Crippen LogP) is 2.49. The molecule has 0 aliphatic heterocycles. The van der Waals surface area contributed by atoms with Gasteiger partial charge in [0.25, 0.3) is 0 Å². The number of carbonyl (C=O) groups excluding carboxylic acids is 1. The van der Waals surface area contributed by atoms with Gasteiger partial charge in [0.05, 0.1) is 0 Å². The second kappa shape index (κ2) is 5.80. The number of ether oxygens (including phenoxy) is 1. The number of amides is 1. The normalized spacial score (nSPS) is 9.38. The Morgan fingerprint density at radius 2 is 2.31 bits per heavy atom. The van der Waals surface area contributed by atoms with Crippen molar-refractivity contribution in [3.63, 3.8) is 0 Å². The molecule has 0 spiro atoms. The van der Waals surface area contributed by atoms with Gasteiger partial charge < -0.3 is 9.64 Å². The third-order valence-electron chi connectivity index (χ3n) is 1.94. The molecule has 1 aromatic carbocycles. The molecule has 16 heavy (non-hydrogen) atoms. The fourth-order valence-electron chi connectivity index (χ4n) is 1.15. The van der Waals surface area contributed by atoms with Crippen LogP contribution >= 0.6 is 0 Å². The van der Waals surface area contributed by atoms with Crippen molar-refractivity contribution in [1.82, 2.24) is 0 Å². The number of hydrogen-bond donors (Lipinski definition) is 1. The maximum absolute atomic E-state index is 11.3. The molecule has 0 radical (unpaired) electrons. The molecule has 0 fully saturated rings. The average molecular weight is 220 g/mol. The molecule has 0 aliphatic carbocycles. The molecule has 0 saturated carbocycles. The van der Waals surface area contributed by atoms with Crippen LogP contribution in [-0.4, -0.2) is 26.8 Å². The molecule has 86 valence electrons. The van der Waals surface area contributed by atoms with Gasteiger partial charge >= 0.3 is 6.09 Å². The van der Waals surface area contributed by atoms with Gasteiger partial charge in [0, 0.05) is 25.5 Å². The summed E-state index contributed by atoms with van der Waals surface area (Å²) in [6.07, 6.45) is 1.05. The summed E-state index contributed by atoms with van der Waals surface area (Å²) in [6.45, 7) is 3.67. The van der Waals surface area contributed by atoms with Gasteiger partial charge in [-0.05, 0) is 18.2 Å². The molecule has 1 rings (SSSR count). The number of rotatable bonds is 4. The SMILES string of the molecule is C=CCOC(=O)Nc1cccc(N(C)C)c1. The summed E-state index contributed by atoms with van der Waals surface area (Å²) in [5, 5.41) is 2.64. The van der Waals surface area contributed by atoms with E-state index in [1.54, 1.807) is 0 Å². The highest BCUT2D eigenvalue weighted by Gasteiger charge is 2.03. The Kier molecular flexibility index (Phi) is 4.39. The van der Waals surface area contributed by atoms with Crippen LogP contribution in [0.2, 0.25) is 0 Å². The van der Waals surface area contributed by atoms with Crippen LogP contribution in [0.25, 0.3) is 0 Å². The third-order valence-corrected chi connectivity index (χ3v) is 1.94. The monoisotopic (exact) mass is 220 g/mol. The number of nitrogens with one attached hydrogen (secondary N) is 1. The Bertz CT molecular complexity index is 375. The van der Waals surface area contributed by atoms with E-state index >= 15 is 0 Å². The topological polar surface area (TPSA) is 41.6 Å². The van der Waals surface area contributed by atoms with Gasteiger partial charge in [-0.3, -0.25) is 5.32 Å². The van der Waals surface area contributed by atoms with Crippen LogP contribution in [0.4, 0.5) is 16.2 Å². The molecule has 0 atom stereocenters. The second-order valence-electron chi connectivity index (χ2n) is 3.46. The standard InChI is InChI=1S/C12H16N2O2/c1-4-8-16-12(15)13-10-6-5-7-11(9-10)14(2)3/h4-7,9H,1,8H2,2-3H3,(H,13,15). The van der Waals surface area contributed by atoms with Crippen molar-refractivity contribution in [3.05, 3.63) is 36.9 Å². The van der Waals surface area contributed by atoms with Crippen molar-refractivity contribution < 1.29 is 9.53 Å². The molecule has 1 aromatic rings. The Balaban J connectivity index is 2.63. The molecule has 0 heterocycles. The van der Waals surface area contributed by atoms with Gasteiger partial charge in [0.1, 0.15) is 6.61 Å². The summed E-state index contributed by atoms with van der Waals surface area (Å²) >= 11 is 0. The molecule has 0 aromatic heterocycles. The summed E-state index contributed by atoms with van der Waals surface area (Å²) in [5.74, 6) is 0. The quantitative estimate of drug-likeness (QED) is 0.792. The van der Waals surface area contributed by atoms with Gasteiger partial charge in [0.2, 0.25) is 0 Å². The van der Waals surface area contributed by atoms with Crippen molar-refractivity contribution >= 4 is 17.5 Å². The Labute approximate surface area is 95.5 Å². The van der Waals surface area contributed by atoms with Crippen LogP contribution in [0, 0.1) is 0 Å². The van der Waals surface area contributed by atoms with E-state index in [-0.39, 0.29) is 6.61 Å². The van der Waals surface area contributed by atoms with E-state index in [4.69, 9.17) is 4.74 Å². The zero-order chi connectivity index (χ0) is 12.0. The summed E-state index contributed by atoms with van der Waals surface area (Å²) in [7, 11) is 3.88. The fraction of sp³-hybridized carbons (Fsp3) is 0.250. The smallest absolute Gasteiger partial charge is 0.411 e. The van der Waals surface area contributed by atoms with Gasteiger partial charge in [-0.15, -0.1) is 0 Å². The maximum atomic E-state index is 11.3. The van der Waals surface area contributed by atoms with Crippen LogP contribution < -0.4 is 10.2 Å². The van der Waals surface area contributed by atoms with Gasteiger partial charge in [-0.2, -0.15) is 0 Å². The number of nitrogens with zero attached hydrogens (tertiary/aromatic N) is 1. The first-order chi connectivity index (χ1) is 7.63. The third kappa shape index (κ3) is 3.65. The molecule has 4 heteroatoms. The number of carbonyl (C=O) groups is 1. The predicted molar refractivity (Wildman–Crippen MR) is 65.9 cm³/mol. The minimum atomic E-state index is -0.476. The summed E-state index contributed by atoms with van der Waals surface area (Å²) in [5.41, 5.74) is 1.72. The van der Waals surface area contributed by atoms with E-state index in [1.807, 2.05) is 43.3 Å². The molecule has 1 N–H and O–H groups in total. The molecular weight excluding hydrogens is 204 g/mol. The maximum Gasteiger partial charge on any atom is 0.411 e. The first-order valence-electron chi connectivity index (χ1n) is 4.95.